The number of hydrogen-bond donors (Lipinski definition) is 2. The number of benzene rings is 1. The zero-order chi connectivity index (χ0) is 15.1. The van der Waals surface area contributed by atoms with Gasteiger partial charge in [-0.05, 0) is 48.1 Å². The molecule has 1 saturated carbocycles. The Balaban J connectivity index is 1.50. The second-order valence-electron chi connectivity index (χ2n) is 6.09. The van der Waals surface area contributed by atoms with Crippen molar-refractivity contribution in [2.75, 3.05) is 5.32 Å². The number of rotatable bonds is 4. The van der Waals surface area contributed by atoms with Crippen LogP contribution in [-0.4, -0.2) is 4.98 Å². The fourth-order valence-electron chi connectivity index (χ4n) is 2.89. The number of fused-ring (bicyclic) bond motifs is 1. The van der Waals surface area contributed by atoms with Gasteiger partial charge in [-0.3, -0.25) is 4.79 Å². The summed E-state index contributed by atoms with van der Waals surface area (Å²) in [5, 5.41) is 4.95. The molecule has 0 radical (unpaired) electrons. The van der Waals surface area contributed by atoms with Crippen molar-refractivity contribution in [3.8, 4) is 0 Å². The Labute approximate surface area is 128 Å². The first-order chi connectivity index (χ1) is 10.7. The minimum Gasteiger partial charge on any atom is -0.464 e. The molecule has 3 aromatic rings. The lowest BCUT2D eigenvalue weighted by Crippen LogP contribution is -2.05. The monoisotopic (exact) mass is 294 g/mol. The highest BCUT2D eigenvalue weighted by molar-refractivity contribution is 5.84. The number of anilines is 1. The number of aromatic amines is 1. The standard InChI is InChI=1S/C18H18N2O2/c1-11-8-15(11)17-5-4-14(22-17)10-20-13-3-2-12-6-7-19-18(21)16(12)9-13/h2-7,9,11,15,20H,8,10H2,1H3,(H,19,21). The molecule has 1 aromatic carbocycles. The molecule has 0 amide bonds. The molecule has 2 N–H and O–H groups in total. The first-order valence-electron chi connectivity index (χ1n) is 7.64. The molecule has 2 unspecified atom stereocenters. The van der Waals surface area contributed by atoms with E-state index in [0.717, 1.165) is 28.5 Å². The summed E-state index contributed by atoms with van der Waals surface area (Å²) in [7, 11) is 0. The minimum absolute atomic E-state index is 0.0656. The average Bonchev–Trinajstić information content (AvgIpc) is 3.08. The minimum atomic E-state index is -0.0656. The smallest absolute Gasteiger partial charge is 0.255 e. The van der Waals surface area contributed by atoms with Gasteiger partial charge in [0.2, 0.25) is 0 Å². The molecule has 1 aliphatic rings. The van der Waals surface area contributed by atoms with E-state index < -0.39 is 0 Å². The lowest BCUT2D eigenvalue weighted by Gasteiger charge is -2.05. The van der Waals surface area contributed by atoms with Crippen LogP contribution < -0.4 is 10.9 Å². The Kier molecular flexibility index (Phi) is 3.03. The Morgan fingerprint density at radius 2 is 2.14 bits per heavy atom. The molecular formula is C18H18N2O2. The SMILES string of the molecule is CC1CC1c1ccc(CNc2ccc3cc[nH]c(=O)c3c2)o1. The third-order valence-electron chi connectivity index (χ3n) is 4.40. The molecular weight excluding hydrogens is 276 g/mol. The van der Waals surface area contributed by atoms with Gasteiger partial charge in [0.25, 0.3) is 5.56 Å². The second kappa shape index (κ2) is 5.05. The van der Waals surface area contributed by atoms with Gasteiger partial charge in [0.1, 0.15) is 11.5 Å². The van der Waals surface area contributed by atoms with Gasteiger partial charge >= 0.3 is 0 Å². The van der Waals surface area contributed by atoms with Crippen LogP contribution in [0, 0.1) is 5.92 Å². The van der Waals surface area contributed by atoms with Crippen molar-refractivity contribution in [3.63, 3.8) is 0 Å². The van der Waals surface area contributed by atoms with E-state index in [0.29, 0.717) is 17.8 Å². The highest BCUT2D eigenvalue weighted by Gasteiger charge is 2.36. The van der Waals surface area contributed by atoms with E-state index in [2.05, 4.69) is 23.3 Å². The first-order valence-corrected chi connectivity index (χ1v) is 7.64. The van der Waals surface area contributed by atoms with Crippen LogP contribution in [0.1, 0.15) is 30.8 Å². The molecule has 0 aliphatic heterocycles. The molecule has 22 heavy (non-hydrogen) atoms. The van der Waals surface area contributed by atoms with Gasteiger partial charge in [-0.15, -0.1) is 0 Å². The molecule has 0 bridgehead atoms. The summed E-state index contributed by atoms with van der Waals surface area (Å²) in [6, 6.07) is 11.8. The van der Waals surface area contributed by atoms with Gasteiger partial charge in [0, 0.05) is 23.2 Å². The van der Waals surface area contributed by atoms with Crippen molar-refractivity contribution >= 4 is 16.5 Å². The van der Waals surface area contributed by atoms with Crippen molar-refractivity contribution < 1.29 is 4.42 Å². The predicted octanol–water partition coefficient (Wildman–Crippen LogP) is 3.86. The normalized spacial score (nSPS) is 20.2. The molecule has 2 heterocycles. The molecule has 4 nitrogen and oxygen atoms in total. The number of hydrogen-bond acceptors (Lipinski definition) is 3. The number of furan rings is 1. The average molecular weight is 294 g/mol. The molecule has 1 aliphatic carbocycles. The van der Waals surface area contributed by atoms with Crippen LogP contribution in [0.3, 0.4) is 0 Å². The molecule has 0 saturated heterocycles. The topological polar surface area (TPSA) is 58.0 Å². The fraction of sp³-hybridized carbons (Fsp3) is 0.278. The van der Waals surface area contributed by atoms with E-state index in [1.165, 1.54) is 6.42 Å². The number of H-pyrrole nitrogens is 1. The van der Waals surface area contributed by atoms with Crippen LogP contribution in [0.25, 0.3) is 10.8 Å². The highest BCUT2D eigenvalue weighted by Crippen LogP contribution is 2.47. The summed E-state index contributed by atoms with van der Waals surface area (Å²) < 4.78 is 5.88. The van der Waals surface area contributed by atoms with Gasteiger partial charge in [0.05, 0.1) is 6.54 Å². The van der Waals surface area contributed by atoms with E-state index in [1.54, 1.807) is 6.20 Å². The Hall–Kier alpha value is -2.49. The third kappa shape index (κ3) is 2.41. The van der Waals surface area contributed by atoms with Crippen molar-refractivity contribution in [2.24, 2.45) is 5.92 Å². The molecule has 2 atom stereocenters. The fourth-order valence-corrected chi connectivity index (χ4v) is 2.89. The second-order valence-corrected chi connectivity index (χ2v) is 6.09. The van der Waals surface area contributed by atoms with Gasteiger partial charge in [-0.2, -0.15) is 0 Å². The summed E-state index contributed by atoms with van der Waals surface area (Å²) in [6.07, 6.45) is 2.90. The van der Waals surface area contributed by atoms with E-state index in [1.807, 2.05) is 30.3 Å². The number of aromatic nitrogens is 1. The van der Waals surface area contributed by atoms with Crippen molar-refractivity contribution in [1.82, 2.24) is 4.98 Å². The van der Waals surface area contributed by atoms with Crippen LogP contribution in [0.2, 0.25) is 0 Å². The van der Waals surface area contributed by atoms with Gasteiger partial charge < -0.3 is 14.7 Å². The molecule has 0 spiro atoms. The van der Waals surface area contributed by atoms with Crippen molar-refractivity contribution in [1.29, 1.82) is 0 Å². The zero-order valence-corrected chi connectivity index (χ0v) is 12.4. The zero-order valence-electron chi connectivity index (χ0n) is 12.4. The predicted molar refractivity (Wildman–Crippen MR) is 87.1 cm³/mol. The van der Waals surface area contributed by atoms with Gasteiger partial charge in [-0.1, -0.05) is 13.0 Å². The maximum Gasteiger partial charge on any atom is 0.255 e. The summed E-state index contributed by atoms with van der Waals surface area (Å²) in [5.74, 6) is 3.38. The Bertz CT molecular complexity index is 878. The van der Waals surface area contributed by atoms with Crippen LogP contribution in [0.5, 0.6) is 0 Å². The van der Waals surface area contributed by atoms with Crippen molar-refractivity contribution in [2.45, 2.75) is 25.8 Å². The molecule has 4 heteroatoms. The summed E-state index contributed by atoms with van der Waals surface area (Å²) in [6.45, 7) is 2.87. The van der Waals surface area contributed by atoms with Gasteiger partial charge in [0.15, 0.2) is 0 Å². The molecule has 1 fully saturated rings. The van der Waals surface area contributed by atoms with Crippen LogP contribution >= 0.6 is 0 Å². The van der Waals surface area contributed by atoms with Crippen molar-refractivity contribution in [3.05, 3.63) is 64.5 Å². The third-order valence-corrected chi connectivity index (χ3v) is 4.40. The van der Waals surface area contributed by atoms with Gasteiger partial charge in [-0.25, -0.2) is 0 Å². The maximum absolute atomic E-state index is 11.8. The lowest BCUT2D eigenvalue weighted by molar-refractivity contribution is 0.468. The number of pyridine rings is 1. The molecule has 2 aromatic heterocycles. The Morgan fingerprint density at radius 1 is 1.27 bits per heavy atom. The van der Waals surface area contributed by atoms with E-state index in [4.69, 9.17) is 4.42 Å². The van der Waals surface area contributed by atoms with E-state index in [9.17, 15) is 4.79 Å². The number of nitrogens with one attached hydrogen (secondary N) is 2. The van der Waals surface area contributed by atoms with Crippen LogP contribution in [-0.2, 0) is 6.54 Å². The lowest BCUT2D eigenvalue weighted by atomic mass is 10.1. The molecule has 112 valence electrons. The molecule has 4 rings (SSSR count). The summed E-state index contributed by atoms with van der Waals surface area (Å²) in [5.41, 5.74) is 0.853. The van der Waals surface area contributed by atoms with Crippen LogP contribution in [0.4, 0.5) is 5.69 Å². The first kappa shape index (κ1) is 13.2. The maximum atomic E-state index is 11.8. The largest absolute Gasteiger partial charge is 0.464 e. The highest BCUT2D eigenvalue weighted by atomic mass is 16.3. The van der Waals surface area contributed by atoms with E-state index >= 15 is 0 Å². The Morgan fingerprint density at radius 3 is 2.95 bits per heavy atom. The van der Waals surface area contributed by atoms with E-state index in [-0.39, 0.29) is 5.56 Å². The van der Waals surface area contributed by atoms with Crippen LogP contribution in [0.15, 0.2) is 51.8 Å². The quantitative estimate of drug-likeness (QED) is 0.768. The summed E-state index contributed by atoms with van der Waals surface area (Å²) in [4.78, 5) is 14.5. The summed E-state index contributed by atoms with van der Waals surface area (Å²) >= 11 is 0.